The predicted molar refractivity (Wildman–Crippen MR) is 69.9 cm³/mol. The molecule has 0 heterocycles. The van der Waals surface area contributed by atoms with Gasteiger partial charge in [0.05, 0.1) is 10.7 Å². The molecule has 0 bridgehead atoms. The number of halogens is 2. The van der Waals surface area contributed by atoms with Crippen molar-refractivity contribution in [3.8, 4) is 0 Å². The van der Waals surface area contributed by atoms with E-state index in [1.807, 2.05) is 0 Å². The lowest BCUT2D eigenvalue weighted by molar-refractivity contribution is -0.146. The Hall–Kier alpha value is -1.82. The number of likely N-dealkylation sites (N-methyl/N-ethyl adjacent to an activating group) is 1. The highest BCUT2D eigenvalue weighted by Crippen LogP contribution is 2.23. The van der Waals surface area contributed by atoms with Crippen molar-refractivity contribution in [3.05, 3.63) is 29.0 Å². The van der Waals surface area contributed by atoms with Gasteiger partial charge in [-0.1, -0.05) is 17.7 Å². The monoisotopic (exact) mass is 288 g/mol. The molecule has 0 radical (unpaired) electrons. The summed E-state index contributed by atoms with van der Waals surface area (Å²) in [7, 11) is 1.31. The summed E-state index contributed by atoms with van der Waals surface area (Å²) >= 11 is 5.58. The summed E-state index contributed by atoms with van der Waals surface area (Å²) in [5.74, 6) is -1.93. The number of urea groups is 1. The fourth-order valence-corrected chi connectivity index (χ4v) is 1.37. The number of rotatable bonds is 3. The number of nitrogens with one attached hydrogen (secondary N) is 1. The number of hydrogen-bond acceptors (Lipinski definition) is 2. The number of carboxylic acid groups (broad SMARTS) is 1. The van der Waals surface area contributed by atoms with E-state index in [4.69, 9.17) is 16.7 Å². The molecule has 7 heteroatoms. The highest BCUT2D eigenvalue weighted by molar-refractivity contribution is 6.31. The van der Waals surface area contributed by atoms with Gasteiger partial charge in [0, 0.05) is 7.05 Å². The number of anilines is 1. The van der Waals surface area contributed by atoms with E-state index >= 15 is 0 Å². The molecule has 0 spiro atoms. The Balaban J connectivity index is 2.92. The molecule has 0 fully saturated rings. The molecule has 19 heavy (non-hydrogen) atoms. The topological polar surface area (TPSA) is 69.6 Å². The molecule has 0 saturated carbocycles. The van der Waals surface area contributed by atoms with Crippen LogP contribution in [-0.2, 0) is 4.79 Å². The maximum Gasteiger partial charge on any atom is 0.329 e. The van der Waals surface area contributed by atoms with Crippen LogP contribution in [0.5, 0.6) is 0 Å². The molecular formula is C12H14ClFN2O3. The van der Waals surface area contributed by atoms with Gasteiger partial charge in [-0.3, -0.25) is 0 Å². The van der Waals surface area contributed by atoms with Crippen molar-refractivity contribution in [1.29, 1.82) is 0 Å². The maximum atomic E-state index is 13.6. The minimum atomic E-state index is -1.42. The molecule has 104 valence electrons. The molecule has 0 aromatic heterocycles. The fraction of sp³-hybridized carbons (Fsp3) is 0.333. The van der Waals surface area contributed by atoms with E-state index in [1.165, 1.54) is 39.1 Å². The van der Waals surface area contributed by atoms with Gasteiger partial charge in [0.1, 0.15) is 5.54 Å². The molecule has 5 nitrogen and oxygen atoms in total. The molecule has 0 unspecified atom stereocenters. The molecule has 1 aromatic carbocycles. The van der Waals surface area contributed by atoms with Gasteiger partial charge in [0.25, 0.3) is 0 Å². The lowest BCUT2D eigenvalue weighted by atomic mass is 10.1. The Morgan fingerprint density at radius 2 is 2.00 bits per heavy atom. The third kappa shape index (κ3) is 3.14. The number of aliphatic carboxylic acids is 1. The molecule has 0 saturated heterocycles. The van der Waals surface area contributed by atoms with Crippen LogP contribution in [0.3, 0.4) is 0 Å². The zero-order chi connectivity index (χ0) is 14.8. The minimum absolute atomic E-state index is 0.106. The van der Waals surface area contributed by atoms with Crippen LogP contribution in [0.4, 0.5) is 14.9 Å². The van der Waals surface area contributed by atoms with Crippen molar-refractivity contribution in [2.45, 2.75) is 19.4 Å². The number of amides is 2. The quantitative estimate of drug-likeness (QED) is 0.898. The van der Waals surface area contributed by atoms with E-state index in [9.17, 15) is 14.0 Å². The highest BCUT2D eigenvalue weighted by atomic mass is 35.5. The lowest BCUT2D eigenvalue weighted by Gasteiger charge is -2.31. The van der Waals surface area contributed by atoms with Gasteiger partial charge in [-0.05, 0) is 26.0 Å². The van der Waals surface area contributed by atoms with Crippen LogP contribution in [0.2, 0.25) is 5.02 Å². The third-order valence-electron chi connectivity index (χ3n) is 2.86. The Labute approximate surface area is 115 Å². The first-order valence-electron chi connectivity index (χ1n) is 5.40. The highest BCUT2D eigenvalue weighted by Gasteiger charge is 2.35. The Morgan fingerprint density at radius 1 is 1.42 bits per heavy atom. The standard InChI is InChI=1S/C12H14ClFN2O3/c1-12(2,10(17)18)16(3)11(19)15-8-6-4-5-7(13)9(8)14/h4-6H,1-3H3,(H,15,19)(H,17,18). The first-order chi connectivity index (χ1) is 8.67. The van der Waals surface area contributed by atoms with E-state index in [0.29, 0.717) is 0 Å². The van der Waals surface area contributed by atoms with Crippen molar-refractivity contribution in [3.63, 3.8) is 0 Å². The van der Waals surface area contributed by atoms with Crippen molar-refractivity contribution in [1.82, 2.24) is 4.90 Å². The summed E-state index contributed by atoms with van der Waals surface area (Å²) in [6.45, 7) is 2.73. The predicted octanol–water partition coefficient (Wildman–Crippen LogP) is 2.81. The van der Waals surface area contributed by atoms with Gasteiger partial charge in [-0.2, -0.15) is 0 Å². The normalized spacial score (nSPS) is 11.0. The molecule has 0 aliphatic carbocycles. The summed E-state index contributed by atoms with van der Waals surface area (Å²) in [4.78, 5) is 23.9. The summed E-state index contributed by atoms with van der Waals surface area (Å²) in [5, 5.41) is 11.2. The van der Waals surface area contributed by atoms with Crippen LogP contribution in [0.1, 0.15) is 13.8 Å². The van der Waals surface area contributed by atoms with Crippen LogP contribution in [0.25, 0.3) is 0 Å². The van der Waals surface area contributed by atoms with Crippen molar-refractivity contribution in [2.24, 2.45) is 0 Å². The molecule has 2 N–H and O–H groups in total. The van der Waals surface area contributed by atoms with Gasteiger partial charge in [-0.15, -0.1) is 0 Å². The lowest BCUT2D eigenvalue weighted by Crippen LogP contribution is -2.52. The average molecular weight is 289 g/mol. The van der Waals surface area contributed by atoms with E-state index in [-0.39, 0.29) is 10.7 Å². The number of carbonyl (C=O) groups excluding carboxylic acids is 1. The number of carboxylic acids is 1. The van der Waals surface area contributed by atoms with Crippen molar-refractivity contribution >= 4 is 29.3 Å². The number of hydrogen-bond donors (Lipinski definition) is 2. The molecule has 1 rings (SSSR count). The van der Waals surface area contributed by atoms with E-state index < -0.39 is 23.4 Å². The Morgan fingerprint density at radius 3 is 2.53 bits per heavy atom. The summed E-state index contributed by atoms with van der Waals surface area (Å²) in [6, 6.07) is 3.41. The van der Waals surface area contributed by atoms with Crippen LogP contribution in [0, 0.1) is 5.82 Å². The summed E-state index contributed by atoms with van der Waals surface area (Å²) in [5.41, 5.74) is -1.52. The second kappa shape index (κ2) is 5.44. The molecule has 2 amide bonds. The SMILES string of the molecule is CN(C(=O)Nc1cccc(Cl)c1F)C(C)(C)C(=O)O. The number of carbonyl (C=O) groups is 2. The first-order valence-corrected chi connectivity index (χ1v) is 5.78. The van der Waals surface area contributed by atoms with Crippen molar-refractivity contribution in [2.75, 3.05) is 12.4 Å². The van der Waals surface area contributed by atoms with E-state index in [2.05, 4.69) is 5.32 Å². The van der Waals surface area contributed by atoms with Gasteiger partial charge in [-0.25, -0.2) is 14.0 Å². The molecule has 0 atom stereocenters. The zero-order valence-electron chi connectivity index (χ0n) is 10.7. The Bertz CT molecular complexity index is 520. The Kier molecular flexibility index (Phi) is 4.36. The van der Waals surface area contributed by atoms with E-state index in [0.717, 1.165) is 4.90 Å². The maximum absolute atomic E-state index is 13.6. The summed E-state index contributed by atoms with van der Waals surface area (Å²) < 4.78 is 13.6. The molecular weight excluding hydrogens is 275 g/mol. The smallest absolute Gasteiger partial charge is 0.329 e. The van der Waals surface area contributed by atoms with Crippen LogP contribution < -0.4 is 5.32 Å². The third-order valence-corrected chi connectivity index (χ3v) is 3.15. The second-order valence-corrected chi connectivity index (χ2v) is 4.86. The number of benzene rings is 1. The van der Waals surface area contributed by atoms with Crippen LogP contribution in [0.15, 0.2) is 18.2 Å². The second-order valence-electron chi connectivity index (χ2n) is 4.45. The molecule has 0 aliphatic rings. The van der Waals surface area contributed by atoms with Crippen LogP contribution >= 0.6 is 11.6 Å². The van der Waals surface area contributed by atoms with Crippen molar-refractivity contribution < 1.29 is 19.1 Å². The van der Waals surface area contributed by atoms with Gasteiger partial charge in [0.2, 0.25) is 0 Å². The van der Waals surface area contributed by atoms with Gasteiger partial charge < -0.3 is 15.3 Å². The molecule has 0 aliphatic heterocycles. The average Bonchev–Trinajstić information content (AvgIpc) is 2.33. The van der Waals surface area contributed by atoms with Crippen LogP contribution in [-0.4, -0.2) is 34.6 Å². The summed E-state index contributed by atoms with van der Waals surface area (Å²) in [6.07, 6.45) is 0. The first kappa shape index (κ1) is 15.2. The molecule has 1 aromatic rings. The zero-order valence-corrected chi connectivity index (χ0v) is 11.5. The fourth-order valence-electron chi connectivity index (χ4n) is 1.20. The largest absolute Gasteiger partial charge is 0.480 e. The van der Waals surface area contributed by atoms with E-state index in [1.54, 1.807) is 0 Å². The van der Waals surface area contributed by atoms with Gasteiger partial charge in [0.15, 0.2) is 5.82 Å². The number of nitrogens with zero attached hydrogens (tertiary/aromatic N) is 1. The minimum Gasteiger partial charge on any atom is -0.480 e. The van der Waals surface area contributed by atoms with Gasteiger partial charge >= 0.3 is 12.0 Å².